The Morgan fingerprint density at radius 3 is 2.76 bits per heavy atom. The van der Waals surface area contributed by atoms with Gasteiger partial charge in [0.2, 0.25) is 0 Å². The monoisotopic (exact) mass is 234 g/mol. The number of aryl methyl sites for hydroxylation is 1. The molecule has 0 fully saturated rings. The van der Waals surface area contributed by atoms with Crippen molar-refractivity contribution in [2.75, 3.05) is 0 Å². The number of nitrogens with zero attached hydrogens (tertiary/aromatic N) is 2. The minimum atomic E-state index is -0.438. The van der Waals surface area contributed by atoms with E-state index < -0.39 is 5.82 Å². The Hall–Kier alpha value is -1.71. The second kappa shape index (κ2) is 4.28. The van der Waals surface area contributed by atoms with Crippen LogP contribution in [0, 0.1) is 11.7 Å². The summed E-state index contributed by atoms with van der Waals surface area (Å²) in [7, 11) is 0. The minimum absolute atomic E-state index is 0.0583. The highest BCUT2D eigenvalue weighted by Gasteiger charge is 2.17. The van der Waals surface area contributed by atoms with Crippen LogP contribution in [0.1, 0.15) is 36.8 Å². The largest absolute Gasteiger partial charge is 0.294 e. The molecule has 0 amide bonds. The summed E-state index contributed by atoms with van der Waals surface area (Å²) in [6.45, 7) is 5.59. The van der Waals surface area contributed by atoms with Crippen molar-refractivity contribution in [2.24, 2.45) is 5.92 Å². The van der Waals surface area contributed by atoms with E-state index in [1.165, 1.54) is 16.8 Å². The summed E-state index contributed by atoms with van der Waals surface area (Å²) < 4.78 is 14.9. The molecule has 0 radical (unpaired) electrons. The van der Waals surface area contributed by atoms with Crippen molar-refractivity contribution in [3.8, 4) is 0 Å². The Morgan fingerprint density at radius 2 is 2.18 bits per heavy atom. The Bertz CT molecular complexity index is 572. The second-order valence-corrected chi connectivity index (χ2v) is 4.41. The fraction of sp³-hybridized carbons (Fsp3) is 0.385. The first-order valence-corrected chi connectivity index (χ1v) is 5.75. The van der Waals surface area contributed by atoms with E-state index in [9.17, 15) is 9.18 Å². The maximum absolute atomic E-state index is 13.4. The lowest BCUT2D eigenvalue weighted by Crippen LogP contribution is -2.10. The van der Waals surface area contributed by atoms with Crippen LogP contribution in [0.3, 0.4) is 0 Å². The first kappa shape index (κ1) is 11.8. The molecule has 0 aliphatic rings. The van der Waals surface area contributed by atoms with Crippen molar-refractivity contribution in [3.63, 3.8) is 0 Å². The van der Waals surface area contributed by atoms with Crippen LogP contribution in [0.5, 0.6) is 0 Å². The van der Waals surface area contributed by atoms with Crippen LogP contribution in [0.4, 0.5) is 4.39 Å². The lowest BCUT2D eigenvalue weighted by atomic mass is 10.0. The van der Waals surface area contributed by atoms with Crippen LogP contribution in [0.2, 0.25) is 0 Å². The van der Waals surface area contributed by atoms with Gasteiger partial charge in [-0.15, -0.1) is 0 Å². The van der Waals surface area contributed by atoms with Gasteiger partial charge in [0.15, 0.2) is 5.78 Å². The summed E-state index contributed by atoms with van der Waals surface area (Å²) in [6, 6.07) is 3.13. The van der Waals surface area contributed by atoms with E-state index >= 15 is 0 Å². The average molecular weight is 234 g/mol. The Kier molecular flexibility index (Phi) is 2.96. The maximum Gasteiger partial charge on any atom is 0.167 e. The van der Waals surface area contributed by atoms with E-state index in [2.05, 4.69) is 5.10 Å². The van der Waals surface area contributed by atoms with Gasteiger partial charge in [0, 0.05) is 11.5 Å². The van der Waals surface area contributed by atoms with E-state index in [1.807, 2.05) is 13.0 Å². The molecule has 0 aliphatic heterocycles. The van der Waals surface area contributed by atoms with Crippen molar-refractivity contribution in [3.05, 3.63) is 35.4 Å². The van der Waals surface area contributed by atoms with E-state index in [0.717, 1.165) is 12.1 Å². The van der Waals surface area contributed by atoms with Gasteiger partial charge in [-0.2, -0.15) is 5.10 Å². The number of ketones is 1. The lowest BCUT2D eigenvalue weighted by Gasteiger charge is -2.06. The molecule has 4 heteroatoms. The van der Waals surface area contributed by atoms with Gasteiger partial charge in [-0.25, -0.2) is 8.91 Å². The predicted molar refractivity (Wildman–Crippen MR) is 63.7 cm³/mol. The molecule has 0 N–H and O–H groups in total. The van der Waals surface area contributed by atoms with Crippen LogP contribution in [0.25, 0.3) is 5.52 Å². The highest BCUT2D eigenvalue weighted by Crippen LogP contribution is 2.18. The number of halogens is 1. The number of hydrogen-bond acceptors (Lipinski definition) is 2. The summed E-state index contributed by atoms with van der Waals surface area (Å²) in [5.74, 6) is -0.648. The lowest BCUT2D eigenvalue weighted by molar-refractivity contribution is 0.0940. The van der Waals surface area contributed by atoms with Gasteiger partial charge >= 0.3 is 0 Å². The topological polar surface area (TPSA) is 34.4 Å². The van der Waals surface area contributed by atoms with Gasteiger partial charge in [-0.3, -0.25) is 4.79 Å². The van der Waals surface area contributed by atoms with Crippen molar-refractivity contribution in [1.29, 1.82) is 0 Å². The minimum Gasteiger partial charge on any atom is -0.294 e. The van der Waals surface area contributed by atoms with Crippen LogP contribution in [-0.2, 0) is 6.42 Å². The number of pyridine rings is 1. The molecule has 90 valence electrons. The van der Waals surface area contributed by atoms with E-state index in [-0.39, 0.29) is 11.7 Å². The van der Waals surface area contributed by atoms with Crippen LogP contribution in [0.15, 0.2) is 18.3 Å². The van der Waals surface area contributed by atoms with Crippen molar-refractivity contribution in [2.45, 2.75) is 27.2 Å². The van der Waals surface area contributed by atoms with Gasteiger partial charge < -0.3 is 0 Å². The predicted octanol–water partition coefficient (Wildman–Crippen LogP) is 2.87. The van der Waals surface area contributed by atoms with E-state index in [1.54, 1.807) is 13.8 Å². The molecule has 0 bridgehead atoms. The molecule has 2 aromatic heterocycles. The Morgan fingerprint density at radius 1 is 1.47 bits per heavy atom. The van der Waals surface area contributed by atoms with Gasteiger partial charge in [-0.1, -0.05) is 20.8 Å². The van der Waals surface area contributed by atoms with Gasteiger partial charge in [0.25, 0.3) is 0 Å². The smallest absolute Gasteiger partial charge is 0.167 e. The second-order valence-electron chi connectivity index (χ2n) is 4.41. The number of carbonyl (C=O) groups excluding carboxylic acids is 1. The number of fused-ring (bicyclic) bond motifs is 1. The van der Waals surface area contributed by atoms with Crippen LogP contribution in [-0.4, -0.2) is 15.4 Å². The van der Waals surface area contributed by atoms with Crippen molar-refractivity contribution in [1.82, 2.24) is 9.61 Å². The molecule has 0 saturated carbocycles. The van der Waals surface area contributed by atoms with E-state index in [4.69, 9.17) is 0 Å². The summed E-state index contributed by atoms with van der Waals surface area (Å²) >= 11 is 0. The highest BCUT2D eigenvalue weighted by atomic mass is 19.1. The molecule has 2 heterocycles. The quantitative estimate of drug-likeness (QED) is 0.765. The molecule has 0 unspecified atom stereocenters. The molecular formula is C13H15FN2O. The molecule has 3 nitrogen and oxygen atoms in total. The normalized spacial score (nSPS) is 11.4. The molecule has 0 atom stereocenters. The zero-order valence-corrected chi connectivity index (χ0v) is 10.2. The van der Waals surface area contributed by atoms with E-state index in [0.29, 0.717) is 11.1 Å². The van der Waals surface area contributed by atoms with Gasteiger partial charge in [0.05, 0.1) is 17.4 Å². The zero-order chi connectivity index (χ0) is 12.6. The molecule has 0 spiro atoms. The summed E-state index contributed by atoms with van der Waals surface area (Å²) in [5, 5.41) is 4.22. The molecule has 2 aromatic rings. The van der Waals surface area contributed by atoms with Gasteiger partial charge in [0.1, 0.15) is 5.82 Å². The number of rotatable bonds is 3. The molecular weight excluding hydrogens is 219 g/mol. The highest BCUT2D eigenvalue weighted by molar-refractivity contribution is 6.03. The molecule has 0 aromatic carbocycles. The average Bonchev–Trinajstić information content (AvgIpc) is 2.69. The van der Waals surface area contributed by atoms with Crippen LogP contribution >= 0.6 is 0 Å². The fourth-order valence-corrected chi connectivity index (χ4v) is 1.79. The summed E-state index contributed by atoms with van der Waals surface area (Å²) in [5.41, 5.74) is 1.95. The Balaban J connectivity index is 2.68. The zero-order valence-electron chi connectivity index (χ0n) is 10.2. The maximum atomic E-state index is 13.4. The number of hydrogen-bond donors (Lipinski definition) is 0. The van der Waals surface area contributed by atoms with Crippen LogP contribution < -0.4 is 0 Å². The summed E-state index contributed by atoms with van der Waals surface area (Å²) in [4.78, 5) is 12.0. The van der Waals surface area contributed by atoms with Crippen molar-refractivity contribution >= 4 is 11.3 Å². The molecule has 0 aliphatic carbocycles. The number of aromatic nitrogens is 2. The first-order valence-electron chi connectivity index (χ1n) is 5.75. The molecule has 0 saturated heterocycles. The third-order valence-corrected chi connectivity index (χ3v) is 2.74. The number of Topliss-reactive ketones (excluding diaryl/α,β-unsaturated/α-hetero) is 1. The SMILES string of the molecule is CCc1cc2c(C(=O)C(C)C)cc(F)cn2n1. The molecule has 17 heavy (non-hydrogen) atoms. The fourth-order valence-electron chi connectivity index (χ4n) is 1.79. The molecule has 2 rings (SSSR count). The summed E-state index contributed by atoms with van der Waals surface area (Å²) in [6.07, 6.45) is 2.06. The number of carbonyl (C=O) groups is 1. The van der Waals surface area contributed by atoms with Crippen molar-refractivity contribution < 1.29 is 9.18 Å². The third kappa shape index (κ3) is 2.07. The third-order valence-electron chi connectivity index (χ3n) is 2.74. The first-order chi connectivity index (χ1) is 8.02. The standard InChI is InChI=1S/C13H15FN2O/c1-4-10-6-12-11(13(17)8(2)3)5-9(14)7-16(12)15-10/h5-8H,4H2,1-3H3. The Labute approximate surface area is 99.3 Å². The van der Waals surface area contributed by atoms with Gasteiger partial charge in [-0.05, 0) is 18.6 Å².